The summed E-state index contributed by atoms with van der Waals surface area (Å²) in [6.07, 6.45) is 2.29. The number of nitrogens with zero attached hydrogens (tertiary/aromatic N) is 2. The molecule has 0 radical (unpaired) electrons. The maximum Gasteiger partial charge on any atom is 0.329 e. The number of aromatic nitrogens is 3. The SMILES string of the molecule is CCCn1c(=O)[nH]c2ncccc2c1=O. The Morgan fingerprint density at radius 2 is 2.27 bits per heavy atom. The van der Waals surface area contributed by atoms with E-state index < -0.39 is 5.69 Å². The Hall–Kier alpha value is -1.91. The Morgan fingerprint density at radius 3 is 3.00 bits per heavy atom. The highest BCUT2D eigenvalue weighted by molar-refractivity contribution is 5.72. The summed E-state index contributed by atoms with van der Waals surface area (Å²) in [7, 11) is 0. The highest BCUT2D eigenvalue weighted by atomic mass is 16.2. The summed E-state index contributed by atoms with van der Waals surface area (Å²) in [5.74, 6) is 0. The van der Waals surface area contributed by atoms with E-state index in [1.165, 1.54) is 4.57 Å². The summed E-state index contributed by atoms with van der Waals surface area (Å²) in [6.45, 7) is 2.35. The molecular weight excluding hydrogens is 194 g/mol. The quantitative estimate of drug-likeness (QED) is 0.776. The van der Waals surface area contributed by atoms with E-state index in [-0.39, 0.29) is 5.56 Å². The first-order valence-electron chi connectivity index (χ1n) is 4.82. The molecule has 0 aliphatic rings. The van der Waals surface area contributed by atoms with Crippen LogP contribution in [0, 0.1) is 0 Å². The van der Waals surface area contributed by atoms with Gasteiger partial charge < -0.3 is 0 Å². The summed E-state index contributed by atoms with van der Waals surface area (Å²) in [4.78, 5) is 29.9. The van der Waals surface area contributed by atoms with Gasteiger partial charge in [0.15, 0.2) is 0 Å². The third kappa shape index (κ3) is 1.56. The van der Waals surface area contributed by atoms with Crippen molar-refractivity contribution >= 4 is 11.0 Å². The molecule has 0 unspecified atom stereocenters. The molecule has 5 heteroatoms. The van der Waals surface area contributed by atoms with Gasteiger partial charge in [-0.25, -0.2) is 9.78 Å². The van der Waals surface area contributed by atoms with Crippen molar-refractivity contribution in [2.24, 2.45) is 0 Å². The zero-order chi connectivity index (χ0) is 10.8. The molecule has 0 aliphatic heterocycles. The molecule has 0 spiro atoms. The van der Waals surface area contributed by atoms with Crippen molar-refractivity contribution in [3.05, 3.63) is 39.2 Å². The van der Waals surface area contributed by atoms with Crippen molar-refractivity contribution in [3.63, 3.8) is 0 Å². The lowest BCUT2D eigenvalue weighted by atomic mass is 10.3. The van der Waals surface area contributed by atoms with E-state index in [9.17, 15) is 9.59 Å². The van der Waals surface area contributed by atoms with Crippen LogP contribution in [0.15, 0.2) is 27.9 Å². The number of fused-ring (bicyclic) bond motifs is 1. The minimum atomic E-state index is -0.395. The van der Waals surface area contributed by atoms with Crippen LogP contribution in [0.25, 0.3) is 11.0 Å². The van der Waals surface area contributed by atoms with Crippen LogP contribution in [-0.4, -0.2) is 14.5 Å². The van der Waals surface area contributed by atoms with Gasteiger partial charge in [0.2, 0.25) is 0 Å². The van der Waals surface area contributed by atoms with Crippen molar-refractivity contribution in [1.82, 2.24) is 14.5 Å². The molecule has 1 N–H and O–H groups in total. The van der Waals surface area contributed by atoms with Gasteiger partial charge in [-0.05, 0) is 18.6 Å². The second-order valence-electron chi connectivity index (χ2n) is 3.29. The molecular formula is C10H11N3O2. The topological polar surface area (TPSA) is 67.8 Å². The van der Waals surface area contributed by atoms with Crippen LogP contribution >= 0.6 is 0 Å². The molecule has 78 valence electrons. The van der Waals surface area contributed by atoms with E-state index in [4.69, 9.17) is 0 Å². The second kappa shape index (κ2) is 3.68. The fourth-order valence-corrected chi connectivity index (χ4v) is 1.51. The first kappa shape index (κ1) is 9.64. The van der Waals surface area contributed by atoms with Gasteiger partial charge in [-0.15, -0.1) is 0 Å². The van der Waals surface area contributed by atoms with Crippen LogP contribution in [0.2, 0.25) is 0 Å². The van der Waals surface area contributed by atoms with Gasteiger partial charge >= 0.3 is 5.69 Å². The smallest absolute Gasteiger partial charge is 0.291 e. The third-order valence-corrected chi connectivity index (χ3v) is 2.20. The highest BCUT2D eigenvalue weighted by Gasteiger charge is 2.06. The predicted octanol–water partition coefficient (Wildman–Crippen LogP) is 0.495. The zero-order valence-electron chi connectivity index (χ0n) is 8.36. The molecule has 0 fully saturated rings. The van der Waals surface area contributed by atoms with Gasteiger partial charge in [-0.2, -0.15) is 0 Å². The molecule has 0 atom stereocenters. The lowest BCUT2D eigenvalue weighted by Gasteiger charge is -2.03. The van der Waals surface area contributed by atoms with Crippen molar-refractivity contribution in [3.8, 4) is 0 Å². The first-order chi connectivity index (χ1) is 7.24. The van der Waals surface area contributed by atoms with Crippen molar-refractivity contribution in [2.45, 2.75) is 19.9 Å². The van der Waals surface area contributed by atoms with Crippen molar-refractivity contribution < 1.29 is 0 Å². The van der Waals surface area contributed by atoms with Gasteiger partial charge in [0.05, 0.1) is 5.39 Å². The summed E-state index contributed by atoms with van der Waals surface area (Å²) < 4.78 is 1.20. The molecule has 2 rings (SSSR count). The third-order valence-electron chi connectivity index (χ3n) is 2.20. The number of H-pyrrole nitrogens is 1. The van der Waals surface area contributed by atoms with E-state index in [0.717, 1.165) is 6.42 Å². The number of aromatic amines is 1. The van der Waals surface area contributed by atoms with Crippen LogP contribution in [0.5, 0.6) is 0 Å². The monoisotopic (exact) mass is 205 g/mol. The van der Waals surface area contributed by atoms with E-state index in [1.807, 2.05) is 6.92 Å². The molecule has 0 amide bonds. The van der Waals surface area contributed by atoms with E-state index in [2.05, 4.69) is 9.97 Å². The van der Waals surface area contributed by atoms with Gasteiger partial charge in [-0.1, -0.05) is 6.92 Å². The number of nitrogens with one attached hydrogen (secondary N) is 1. The fraction of sp³-hybridized carbons (Fsp3) is 0.300. The minimum Gasteiger partial charge on any atom is -0.291 e. The van der Waals surface area contributed by atoms with Crippen LogP contribution in [0.1, 0.15) is 13.3 Å². The average molecular weight is 205 g/mol. The molecule has 0 saturated carbocycles. The van der Waals surface area contributed by atoms with Crippen molar-refractivity contribution in [1.29, 1.82) is 0 Å². The number of pyridine rings is 1. The van der Waals surface area contributed by atoms with Crippen LogP contribution in [-0.2, 0) is 6.54 Å². The van der Waals surface area contributed by atoms with Crippen LogP contribution in [0.4, 0.5) is 0 Å². The molecule has 0 saturated heterocycles. The fourth-order valence-electron chi connectivity index (χ4n) is 1.51. The standard InChI is InChI=1S/C10H11N3O2/c1-2-6-13-9(14)7-4-3-5-11-8(7)12-10(13)15/h3-5H,2,6H2,1H3,(H,11,12,15). The van der Waals surface area contributed by atoms with Crippen molar-refractivity contribution in [2.75, 3.05) is 0 Å². The zero-order valence-corrected chi connectivity index (χ0v) is 8.36. The lowest BCUT2D eigenvalue weighted by molar-refractivity contribution is 0.622. The summed E-state index contributed by atoms with van der Waals surface area (Å²) in [6, 6.07) is 3.34. The Morgan fingerprint density at radius 1 is 1.47 bits per heavy atom. The lowest BCUT2D eigenvalue weighted by Crippen LogP contribution is -2.35. The minimum absolute atomic E-state index is 0.274. The molecule has 0 bridgehead atoms. The maximum absolute atomic E-state index is 11.8. The number of hydrogen-bond donors (Lipinski definition) is 1. The second-order valence-corrected chi connectivity index (χ2v) is 3.29. The summed E-state index contributed by atoms with van der Waals surface area (Å²) in [5.41, 5.74) is -0.323. The Bertz CT molecular complexity index is 597. The molecule has 15 heavy (non-hydrogen) atoms. The van der Waals surface area contributed by atoms with Gasteiger partial charge in [0, 0.05) is 12.7 Å². The van der Waals surface area contributed by atoms with Crippen LogP contribution in [0.3, 0.4) is 0 Å². The highest BCUT2D eigenvalue weighted by Crippen LogP contribution is 1.98. The molecule has 0 aromatic carbocycles. The molecule has 2 aromatic rings. The summed E-state index contributed by atoms with van der Waals surface area (Å²) >= 11 is 0. The molecule has 2 aromatic heterocycles. The Kier molecular flexibility index (Phi) is 2.37. The van der Waals surface area contributed by atoms with Gasteiger partial charge in [0.1, 0.15) is 5.65 Å². The predicted molar refractivity (Wildman–Crippen MR) is 56.9 cm³/mol. The van der Waals surface area contributed by atoms with Gasteiger partial charge in [-0.3, -0.25) is 14.3 Å². The van der Waals surface area contributed by atoms with Crippen LogP contribution < -0.4 is 11.2 Å². The maximum atomic E-state index is 11.8. The van der Waals surface area contributed by atoms with E-state index >= 15 is 0 Å². The largest absolute Gasteiger partial charge is 0.329 e. The normalized spacial score (nSPS) is 10.7. The Balaban J connectivity index is 2.85. The summed E-state index contributed by atoms with van der Waals surface area (Å²) in [5, 5.41) is 0.450. The average Bonchev–Trinajstić information content (AvgIpc) is 2.24. The molecule has 2 heterocycles. The van der Waals surface area contributed by atoms with E-state index in [0.29, 0.717) is 17.6 Å². The van der Waals surface area contributed by atoms with E-state index in [1.54, 1.807) is 18.3 Å². The molecule has 0 aliphatic carbocycles. The van der Waals surface area contributed by atoms with Gasteiger partial charge in [0.25, 0.3) is 5.56 Å². The number of hydrogen-bond acceptors (Lipinski definition) is 3. The number of rotatable bonds is 2. The molecule has 5 nitrogen and oxygen atoms in total. The first-order valence-corrected chi connectivity index (χ1v) is 4.82. The Labute approximate surface area is 85.4 Å².